The van der Waals surface area contributed by atoms with Crippen LogP contribution in [0.2, 0.25) is 0 Å². The van der Waals surface area contributed by atoms with Crippen LogP contribution in [0.25, 0.3) is 0 Å². The van der Waals surface area contributed by atoms with Crippen molar-refractivity contribution in [3.63, 3.8) is 0 Å². The Morgan fingerprint density at radius 3 is 2.89 bits per heavy atom. The largest absolute Gasteiger partial charge is 0.508 e. The lowest BCUT2D eigenvalue weighted by Gasteiger charge is -2.34. The Balaban J connectivity index is 1.58. The molecule has 5 nitrogen and oxygen atoms in total. The number of likely N-dealkylation sites (tertiary alicyclic amines) is 1. The highest BCUT2D eigenvalue weighted by Crippen LogP contribution is 2.32. The number of amides is 2. The van der Waals surface area contributed by atoms with E-state index in [1.165, 1.54) is 6.07 Å². The molecule has 140 valence electrons. The number of phenols is 1. The van der Waals surface area contributed by atoms with E-state index in [2.05, 4.69) is 5.32 Å². The SMILES string of the molecule is O=C1CCc2c(cccc2C(=O)N2CCCC(c3cc(O)cc(F)c3)C2)N1. The molecule has 4 rings (SSSR count). The summed E-state index contributed by atoms with van der Waals surface area (Å²) in [4.78, 5) is 26.6. The standard InChI is InChI=1S/C21H21FN2O3/c22-15-9-14(10-16(25)11-15)13-3-2-8-24(12-13)21(27)18-4-1-5-19-17(18)6-7-20(26)23-19/h1,4-5,9-11,13,25H,2-3,6-8,12H2,(H,23,26). The molecule has 0 saturated carbocycles. The van der Waals surface area contributed by atoms with Crippen LogP contribution in [-0.4, -0.2) is 34.9 Å². The zero-order valence-corrected chi connectivity index (χ0v) is 14.9. The summed E-state index contributed by atoms with van der Waals surface area (Å²) in [6, 6.07) is 9.48. The first kappa shape index (κ1) is 17.5. The Hall–Kier alpha value is -2.89. The quantitative estimate of drug-likeness (QED) is 0.853. The van der Waals surface area contributed by atoms with E-state index in [0.717, 1.165) is 24.5 Å². The van der Waals surface area contributed by atoms with Crippen LogP contribution in [0.5, 0.6) is 5.75 Å². The van der Waals surface area contributed by atoms with Crippen molar-refractivity contribution in [2.75, 3.05) is 18.4 Å². The highest BCUT2D eigenvalue weighted by molar-refractivity contribution is 6.01. The lowest BCUT2D eigenvalue weighted by Crippen LogP contribution is -2.39. The molecule has 27 heavy (non-hydrogen) atoms. The molecule has 2 aromatic carbocycles. The normalized spacial score (nSPS) is 19.4. The number of hydrogen-bond acceptors (Lipinski definition) is 3. The molecule has 1 saturated heterocycles. The molecule has 0 spiro atoms. The summed E-state index contributed by atoms with van der Waals surface area (Å²) in [5, 5.41) is 12.5. The lowest BCUT2D eigenvalue weighted by atomic mass is 9.89. The Morgan fingerprint density at radius 2 is 2.07 bits per heavy atom. The third-order valence-electron chi connectivity index (χ3n) is 5.37. The number of hydrogen-bond donors (Lipinski definition) is 2. The molecule has 1 atom stereocenters. The average Bonchev–Trinajstić information content (AvgIpc) is 2.66. The molecule has 0 bridgehead atoms. The third-order valence-corrected chi connectivity index (χ3v) is 5.37. The minimum atomic E-state index is -0.471. The van der Waals surface area contributed by atoms with Crippen molar-refractivity contribution < 1.29 is 19.1 Å². The van der Waals surface area contributed by atoms with Crippen LogP contribution in [0.15, 0.2) is 36.4 Å². The summed E-state index contributed by atoms with van der Waals surface area (Å²) in [7, 11) is 0. The maximum Gasteiger partial charge on any atom is 0.254 e. The highest BCUT2D eigenvalue weighted by atomic mass is 19.1. The summed E-state index contributed by atoms with van der Waals surface area (Å²) < 4.78 is 13.6. The third kappa shape index (κ3) is 3.52. The Kier molecular flexibility index (Phi) is 4.56. The van der Waals surface area contributed by atoms with E-state index >= 15 is 0 Å². The van der Waals surface area contributed by atoms with E-state index in [1.54, 1.807) is 23.1 Å². The number of phenolic OH excluding ortho intramolecular Hbond substituents is 1. The monoisotopic (exact) mass is 368 g/mol. The van der Waals surface area contributed by atoms with Crippen molar-refractivity contribution >= 4 is 17.5 Å². The van der Waals surface area contributed by atoms with E-state index in [9.17, 15) is 19.1 Å². The number of carbonyl (C=O) groups excluding carboxylic acids is 2. The molecule has 2 N–H and O–H groups in total. The predicted octanol–water partition coefficient (Wildman–Crippen LogP) is 3.44. The van der Waals surface area contributed by atoms with Crippen LogP contribution in [0.1, 0.15) is 46.7 Å². The van der Waals surface area contributed by atoms with Gasteiger partial charge in [-0.3, -0.25) is 9.59 Å². The van der Waals surface area contributed by atoms with Gasteiger partial charge in [0.25, 0.3) is 5.91 Å². The Labute approximate surface area is 156 Å². The van der Waals surface area contributed by atoms with Crippen molar-refractivity contribution in [1.82, 2.24) is 4.90 Å². The van der Waals surface area contributed by atoms with Crippen molar-refractivity contribution in [3.8, 4) is 5.75 Å². The van der Waals surface area contributed by atoms with Gasteiger partial charge < -0.3 is 15.3 Å². The van der Waals surface area contributed by atoms with E-state index < -0.39 is 5.82 Å². The molecule has 2 heterocycles. The van der Waals surface area contributed by atoms with Crippen LogP contribution in [-0.2, 0) is 11.2 Å². The predicted molar refractivity (Wildman–Crippen MR) is 99.3 cm³/mol. The molecule has 2 amide bonds. The molecule has 6 heteroatoms. The Bertz CT molecular complexity index is 892. The molecule has 1 fully saturated rings. The van der Waals surface area contributed by atoms with Gasteiger partial charge in [0.2, 0.25) is 5.91 Å². The van der Waals surface area contributed by atoms with Crippen molar-refractivity contribution in [2.24, 2.45) is 0 Å². The summed E-state index contributed by atoms with van der Waals surface area (Å²) in [5.74, 6) is -0.671. The van der Waals surface area contributed by atoms with Crippen LogP contribution in [0.3, 0.4) is 0 Å². The van der Waals surface area contributed by atoms with Gasteiger partial charge in [0, 0.05) is 42.7 Å². The van der Waals surface area contributed by atoms with E-state index in [-0.39, 0.29) is 23.5 Å². The number of piperidine rings is 1. The molecule has 2 aromatic rings. The molecular weight excluding hydrogens is 347 g/mol. The minimum absolute atomic E-state index is 0.0106. The molecular formula is C21H21FN2O3. The Morgan fingerprint density at radius 1 is 1.22 bits per heavy atom. The number of nitrogens with one attached hydrogen (secondary N) is 1. The topological polar surface area (TPSA) is 69.6 Å². The molecule has 1 unspecified atom stereocenters. The molecule has 2 aliphatic rings. The van der Waals surface area contributed by atoms with E-state index in [0.29, 0.717) is 42.7 Å². The van der Waals surface area contributed by atoms with Gasteiger partial charge in [0.15, 0.2) is 0 Å². The number of anilines is 1. The molecule has 0 aliphatic carbocycles. The van der Waals surface area contributed by atoms with Gasteiger partial charge in [0.1, 0.15) is 11.6 Å². The number of benzene rings is 2. The average molecular weight is 368 g/mol. The van der Waals surface area contributed by atoms with Crippen molar-refractivity contribution in [3.05, 3.63) is 58.9 Å². The number of halogens is 1. The fourth-order valence-electron chi connectivity index (χ4n) is 4.06. The molecule has 0 aromatic heterocycles. The summed E-state index contributed by atoms with van der Waals surface area (Å²) in [5.41, 5.74) is 2.93. The van der Waals surface area contributed by atoms with Crippen molar-refractivity contribution in [2.45, 2.75) is 31.6 Å². The second-order valence-corrected chi connectivity index (χ2v) is 7.21. The van der Waals surface area contributed by atoms with Crippen LogP contribution < -0.4 is 5.32 Å². The van der Waals surface area contributed by atoms with Crippen molar-refractivity contribution in [1.29, 1.82) is 0 Å². The first-order valence-electron chi connectivity index (χ1n) is 9.22. The van der Waals surface area contributed by atoms with E-state index in [1.807, 2.05) is 6.07 Å². The fraction of sp³-hybridized carbons (Fsp3) is 0.333. The number of rotatable bonds is 2. The van der Waals surface area contributed by atoms with Gasteiger partial charge in [-0.1, -0.05) is 6.07 Å². The van der Waals surface area contributed by atoms with Gasteiger partial charge in [0.05, 0.1) is 0 Å². The first-order valence-corrected chi connectivity index (χ1v) is 9.22. The first-order chi connectivity index (χ1) is 13.0. The number of nitrogens with zero attached hydrogens (tertiary/aromatic N) is 1. The number of aromatic hydroxyl groups is 1. The maximum absolute atomic E-state index is 13.6. The minimum Gasteiger partial charge on any atom is -0.508 e. The van der Waals surface area contributed by atoms with Gasteiger partial charge in [-0.15, -0.1) is 0 Å². The van der Waals surface area contributed by atoms with Gasteiger partial charge in [-0.25, -0.2) is 4.39 Å². The van der Waals surface area contributed by atoms with Crippen LogP contribution in [0, 0.1) is 5.82 Å². The van der Waals surface area contributed by atoms with Gasteiger partial charge in [-0.2, -0.15) is 0 Å². The second kappa shape index (κ2) is 7.02. The summed E-state index contributed by atoms with van der Waals surface area (Å²) >= 11 is 0. The molecule has 0 radical (unpaired) electrons. The zero-order chi connectivity index (χ0) is 19.0. The lowest BCUT2D eigenvalue weighted by molar-refractivity contribution is -0.116. The second-order valence-electron chi connectivity index (χ2n) is 7.21. The molecule has 2 aliphatic heterocycles. The fourth-order valence-corrected chi connectivity index (χ4v) is 4.06. The highest BCUT2D eigenvalue weighted by Gasteiger charge is 2.29. The van der Waals surface area contributed by atoms with Crippen LogP contribution in [0.4, 0.5) is 10.1 Å². The van der Waals surface area contributed by atoms with Gasteiger partial charge in [-0.05, 0) is 54.7 Å². The summed E-state index contributed by atoms with van der Waals surface area (Å²) in [6.45, 7) is 1.13. The van der Waals surface area contributed by atoms with E-state index in [4.69, 9.17) is 0 Å². The van der Waals surface area contributed by atoms with Gasteiger partial charge >= 0.3 is 0 Å². The zero-order valence-electron chi connectivity index (χ0n) is 14.9. The smallest absolute Gasteiger partial charge is 0.254 e. The number of carbonyl (C=O) groups is 2. The van der Waals surface area contributed by atoms with Crippen LogP contribution >= 0.6 is 0 Å². The number of fused-ring (bicyclic) bond motifs is 1. The maximum atomic E-state index is 13.6. The summed E-state index contributed by atoms with van der Waals surface area (Å²) in [6.07, 6.45) is 2.59.